The Morgan fingerprint density at radius 1 is 0.938 bits per heavy atom. The minimum Gasteiger partial charge on any atom is -0.495 e. The van der Waals surface area contributed by atoms with E-state index in [4.69, 9.17) is 39.5 Å². The maximum atomic E-state index is 13.3. The highest BCUT2D eigenvalue weighted by Crippen LogP contribution is 2.28. The third kappa shape index (κ3) is 6.15. The number of sulfonamides is 1. The van der Waals surface area contributed by atoms with Crippen molar-refractivity contribution in [1.82, 2.24) is 4.31 Å². The molecule has 0 bridgehead atoms. The number of anilines is 1. The van der Waals surface area contributed by atoms with Gasteiger partial charge in [-0.05, 0) is 60.2 Å². The molecule has 6 nitrogen and oxygen atoms in total. The van der Waals surface area contributed by atoms with Crippen LogP contribution in [0.1, 0.15) is 5.56 Å². The Balaban J connectivity index is 1.91. The summed E-state index contributed by atoms with van der Waals surface area (Å²) in [6, 6.07) is 17.2. The maximum Gasteiger partial charge on any atom is 0.243 e. The number of carbonyl (C=O) groups excluding carboxylic acids is 1. The molecule has 0 aromatic heterocycles. The molecule has 1 N–H and O–H groups in total. The van der Waals surface area contributed by atoms with Crippen LogP contribution in [0.2, 0.25) is 15.1 Å². The second-order valence-corrected chi connectivity index (χ2v) is 10.00. The van der Waals surface area contributed by atoms with E-state index in [0.717, 1.165) is 4.31 Å². The molecule has 0 spiro atoms. The molecular formula is C22H19Cl3N2O4S. The smallest absolute Gasteiger partial charge is 0.243 e. The van der Waals surface area contributed by atoms with E-state index in [1.165, 1.54) is 37.4 Å². The van der Waals surface area contributed by atoms with Crippen LogP contribution in [-0.4, -0.2) is 32.3 Å². The van der Waals surface area contributed by atoms with Crippen LogP contribution < -0.4 is 10.1 Å². The summed E-state index contributed by atoms with van der Waals surface area (Å²) in [7, 11) is -2.57. The van der Waals surface area contributed by atoms with Crippen molar-refractivity contribution < 1.29 is 17.9 Å². The minimum atomic E-state index is -4.03. The molecule has 0 atom stereocenters. The first-order valence-electron chi connectivity index (χ1n) is 9.32. The van der Waals surface area contributed by atoms with Crippen molar-refractivity contribution in [1.29, 1.82) is 0 Å². The number of hydrogen-bond donors (Lipinski definition) is 1. The number of amides is 1. The number of nitrogens with zero attached hydrogens (tertiary/aromatic N) is 1. The number of carbonyl (C=O) groups is 1. The summed E-state index contributed by atoms with van der Waals surface area (Å²) in [4.78, 5) is 12.8. The molecule has 0 radical (unpaired) electrons. The van der Waals surface area contributed by atoms with E-state index >= 15 is 0 Å². The van der Waals surface area contributed by atoms with Gasteiger partial charge in [0.05, 0.1) is 24.2 Å². The zero-order chi connectivity index (χ0) is 23.3. The summed E-state index contributed by atoms with van der Waals surface area (Å²) in [5.74, 6) is -0.171. The zero-order valence-corrected chi connectivity index (χ0v) is 20.0. The van der Waals surface area contributed by atoms with Crippen LogP contribution in [0.15, 0.2) is 71.6 Å². The average Bonchev–Trinajstić information content (AvgIpc) is 2.74. The molecule has 3 aromatic carbocycles. The number of benzene rings is 3. The second kappa shape index (κ2) is 10.6. The predicted molar refractivity (Wildman–Crippen MR) is 127 cm³/mol. The van der Waals surface area contributed by atoms with Crippen LogP contribution in [-0.2, 0) is 21.4 Å². The molecule has 10 heteroatoms. The Morgan fingerprint density at radius 3 is 2.25 bits per heavy atom. The molecule has 32 heavy (non-hydrogen) atoms. The lowest BCUT2D eigenvalue weighted by atomic mass is 10.2. The molecule has 3 rings (SSSR count). The lowest BCUT2D eigenvalue weighted by Gasteiger charge is -2.22. The fraction of sp³-hybridized carbons (Fsp3) is 0.136. The summed E-state index contributed by atoms with van der Waals surface area (Å²) in [5, 5.41) is 3.91. The molecule has 0 aliphatic rings. The topological polar surface area (TPSA) is 75.7 Å². The number of nitrogens with one attached hydrogen (secondary N) is 1. The van der Waals surface area contributed by atoms with E-state index in [1.807, 2.05) is 0 Å². The monoisotopic (exact) mass is 512 g/mol. The molecular weight excluding hydrogens is 495 g/mol. The standard InChI is InChI=1S/C22H19Cl3N2O4S/c1-31-21-10-7-18(25)12-20(21)26-22(28)14-27(13-15-3-2-4-17(24)11-15)32(29,30)19-8-5-16(23)6-9-19/h2-12H,13-14H2,1H3,(H,26,28). The summed E-state index contributed by atoms with van der Waals surface area (Å²) in [5.41, 5.74) is 0.958. The minimum absolute atomic E-state index is 0.0112. The number of methoxy groups -OCH3 is 1. The largest absolute Gasteiger partial charge is 0.495 e. The second-order valence-electron chi connectivity index (χ2n) is 6.75. The van der Waals surface area contributed by atoms with E-state index in [9.17, 15) is 13.2 Å². The number of rotatable bonds is 8. The van der Waals surface area contributed by atoms with Gasteiger partial charge in [-0.3, -0.25) is 4.79 Å². The molecule has 0 fully saturated rings. The zero-order valence-electron chi connectivity index (χ0n) is 16.9. The van der Waals surface area contributed by atoms with Gasteiger partial charge in [-0.2, -0.15) is 4.31 Å². The van der Waals surface area contributed by atoms with Gasteiger partial charge in [-0.1, -0.05) is 46.9 Å². The predicted octanol–water partition coefficient (Wildman–Crippen LogP) is 5.49. The van der Waals surface area contributed by atoms with Gasteiger partial charge in [0.15, 0.2) is 0 Å². The Kier molecular flexibility index (Phi) is 8.03. The average molecular weight is 514 g/mol. The van der Waals surface area contributed by atoms with E-state index in [-0.39, 0.29) is 11.4 Å². The van der Waals surface area contributed by atoms with E-state index in [0.29, 0.717) is 32.1 Å². The van der Waals surface area contributed by atoms with Crippen molar-refractivity contribution >= 4 is 56.4 Å². The van der Waals surface area contributed by atoms with Gasteiger partial charge in [-0.25, -0.2) is 8.42 Å². The normalized spacial score (nSPS) is 11.4. The summed E-state index contributed by atoms with van der Waals surface area (Å²) in [6.45, 7) is -0.515. The van der Waals surface area contributed by atoms with Crippen molar-refractivity contribution in [3.63, 3.8) is 0 Å². The van der Waals surface area contributed by atoms with Gasteiger partial charge in [-0.15, -0.1) is 0 Å². The highest BCUT2D eigenvalue weighted by atomic mass is 35.5. The lowest BCUT2D eigenvalue weighted by molar-refractivity contribution is -0.116. The summed E-state index contributed by atoms with van der Waals surface area (Å²) in [6.07, 6.45) is 0. The third-order valence-electron chi connectivity index (χ3n) is 4.45. The van der Waals surface area contributed by atoms with Gasteiger partial charge >= 0.3 is 0 Å². The first-order valence-corrected chi connectivity index (χ1v) is 11.9. The number of ether oxygens (including phenoxy) is 1. The highest BCUT2D eigenvalue weighted by Gasteiger charge is 2.27. The Bertz CT molecular complexity index is 1220. The van der Waals surface area contributed by atoms with Crippen molar-refractivity contribution in [2.45, 2.75) is 11.4 Å². The molecule has 0 aliphatic heterocycles. The first-order chi connectivity index (χ1) is 15.2. The van der Waals surface area contributed by atoms with Crippen LogP contribution in [0.25, 0.3) is 0 Å². The summed E-state index contributed by atoms with van der Waals surface area (Å²) >= 11 is 18.0. The van der Waals surface area contributed by atoms with Crippen LogP contribution in [0.3, 0.4) is 0 Å². The molecule has 0 aliphatic carbocycles. The van der Waals surface area contributed by atoms with Crippen LogP contribution in [0.4, 0.5) is 5.69 Å². The molecule has 3 aromatic rings. The SMILES string of the molecule is COc1ccc(Cl)cc1NC(=O)CN(Cc1cccc(Cl)c1)S(=O)(=O)c1ccc(Cl)cc1. The quantitative estimate of drug-likeness (QED) is 0.432. The van der Waals surface area contributed by atoms with Crippen molar-refractivity contribution in [3.05, 3.63) is 87.4 Å². The van der Waals surface area contributed by atoms with Crippen LogP contribution in [0.5, 0.6) is 5.75 Å². The van der Waals surface area contributed by atoms with Gasteiger partial charge in [0.25, 0.3) is 0 Å². The fourth-order valence-corrected chi connectivity index (χ4v) is 4.84. The van der Waals surface area contributed by atoms with E-state index in [1.54, 1.807) is 36.4 Å². The van der Waals surface area contributed by atoms with Crippen molar-refractivity contribution in [3.8, 4) is 5.75 Å². The van der Waals surface area contributed by atoms with Gasteiger partial charge in [0, 0.05) is 21.6 Å². The van der Waals surface area contributed by atoms with Crippen molar-refractivity contribution in [2.75, 3.05) is 19.0 Å². The first kappa shape index (κ1) is 24.4. The van der Waals surface area contributed by atoms with Crippen LogP contribution >= 0.6 is 34.8 Å². The fourth-order valence-electron chi connectivity index (χ4n) is 2.95. The van der Waals surface area contributed by atoms with E-state index < -0.39 is 22.5 Å². The maximum absolute atomic E-state index is 13.3. The van der Waals surface area contributed by atoms with Gasteiger partial charge < -0.3 is 10.1 Å². The Hall–Kier alpha value is -2.29. The summed E-state index contributed by atoms with van der Waals surface area (Å²) < 4.78 is 32.9. The Morgan fingerprint density at radius 2 is 1.59 bits per heavy atom. The van der Waals surface area contributed by atoms with Crippen molar-refractivity contribution in [2.24, 2.45) is 0 Å². The van der Waals surface area contributed by atoms with E-state index in [2.05, 4.69) is 5.32 Å². The molecule has 0 saturated carbocycles. The molecule has 0 heterocycles. The number of hydrogen-bond acceptors (Lipinski definition) is 4. The molecule has 168 valence electrons. The van der Waals surface area contributed by atoms with Gasteiger partial charge in [0.1, 0.15) is 5.75 Å². The van der Waals surface area contributed by atoms with Gasteiger partial charge in [0.2, 0.25) is 15.9 Å². The lowest BCUT2D eigenvalue weighted by Crippen LogP contribution is -2.37. The highest BCUT2D eigenvalue weighted by molar-refractivity contribution is 7.89. The number of halogens is 3. The molecule has 1 amide bonds. The Labute approximate surface area is 201 Å². The molecule has 0 saturated heterocycles. The van der Waals surface area contributed by atoms with Crippen LogP contribution in [0, 0.1) is 0 Å². The third-order valence-corrected chi connectivity index (χ3v) is 6.98. The molecule has 0 unspecified atom stereocenters.